The van der Waals surface area contributed by atoms with E-state index in [1.54, 1.807) is 0 Å². The van der Waals surface area contributed by atoms with Crippen LogP contribution in [0.25, 0.3) is 0 Å². The molecule has 0 aliphatic carbocycles. The molecule has 0 atom stereocenters. The zero-order chi connectivity index (χ0) is 11.3. The Labute approximate surface area is 91.5 Å². The third kappa shape index (κ3) is 4.44. The number of nitrogens with two attached hydrogens (primary N) is 1. The van der Waals surface area contributed by atoms with Gasteiger partial charge in [-0.1, -0.05) is 12.2 Å². The summed E-state index contributed by atoms with van der Waals surface area (Å²) in [5.74, 6) is -0.255. The average molecular weight is 211 g/mol. The number of carbonyl (C=O) groups is 1. The van der Waals surface area contributed by atoms with E-state index in [-0.39, 0.29) is 5.91 Å². The fourth-order valence-electron chi connectivity index (χ4n) is 2.03. The summed E-state index contributed by atoms with van der Waals surface area (Å²) in [6.07, 6.45) is 2.17. The third-order valence-corrected chi connectivity index (χ3v) is 2.66. The van der Waals surface area contributed by atoms with Crippen LogP contribution >= 0.6 is 0 Å². The molecular weight excluding hydrogens is 190 g/mol. The van der Waals surface area contributed by atoms with E-state index in [9.17, 15) is 4.79 Å². The van der Waals surface area contributed by atoms with Crippen molar-refractivity contribution in [2.75, 3.05) is 26.2 Å². The predicted octanol–water partition coefficient (Wildman–Crippen LogP) is 0.102. The first-order chi connectivity index (χ1) is 7.09. The van der Waals surface area contributed by atoms with Crippen molar-refractivity contribution in [3.63, 3.8) is 0 Å². The Hall–Kier alpha value is -0.870. The minimum Gasteiger partial charge on any atom is -0.369 e. The van der Waals surface area contributed by atoms with Gasteiger partial charge in [0.15, 0.2) is 0 Å². The molecule has 3 N–H and O–H groups in total. The van der Waals surface area contributed by atoms with Crippen molar-refractivity contribution >= 4 is 5.91 Å². The van der Waals surface area contributed by atoms with Crippen LogP contribution in [0.15, 0.2) is 12.2 Å². The number of primary amides is 1. The lowest BCUT2D eigenvalue weighted by atomic mass is 10.0. The maximum absolute atomic E-state index is 11.0. The van der Waals surface area contributed by atoms with E-state index in [1.165, 1.54) is 0 Å². The summed E-state index contributed by atoms with van der Waals surface area (Å²) in [5, 5.41) is 3.31. The standard InChI is InChI=1S/C11H21N3O/c1-9(2)7-14(8-11(12)15)10-3-5-13-6-4-10/h10,13H,1,3-8H2,2H3,(H2,12,15). The van der Waals surface area contributed by atoms with Gasteiger partial charge in [0.2, 0.25) is 5.91 Å². The average Bonchev–Trinajstić information content (AvgIpc) is 2.17. The molecule has 1 aliphatic rings. The molecule has 0 radical (unpaired) electrons. The van der Waals surface area contributed by atoms with Crippen LogP contribution < -0.4 is 11.1 Å². The highest BCUT2D eigenvalue weighted by Crippen LogP contribution is 2.12. The molecule has 0 aromatic rings. The van der Waals surface area contributed by atoms with Gasteiger partial charge in [-0.3, -0.25) is 9.69 Å². The number of carbonyl (C=O) groups excluding carboxylic acids is 1. The highest BCUT2D eigenvalue weighted by Gasteiger charge is 2.21. The zero-order valence-corrected chi connectivity index (χ0v) is 9.46. The fraction of sp³-hybridized carbons (Fsp3) is 0.727. The molecule has 0 spiro atoms. The molecule has 0 unspecified atom stereocenters. The number of piperidine rings is 1. The highest BCUT2D eigenvalue weighted by molar-refractivity contribution is 5.76. The first-order valence-electron chi connectivity index (χ1n) is 5.47. The molecule has 1 amide bonds. The molecule has 0 aromatic carbocycles. The number of rotatable bonds is 5. The van der Waals surface area contributed by atoms with Gasteiger partial charge in [-0.25, -0.2) is 0 Å². The van der Waals surface area contributed by atoms with E-state index in [2.05, 4.69) is 16.8 Å². The summed E-state index contributed by atoms with van der Waals surface area (Å²) < 4.78 is 0. The summed E-state index contributed by atoms with van der Waals surface area (Å²) in [6.45, 7) is 9.03. The van der Waals surface area contributed by atoms with Crippen LogP contribution in [0.5, 0.6) is 0 Å². The largest absolute Gasteiger partial charge is 0.369 e. The van der Waals surface area contributed by atoms with E-state index in [1.807, 2.05) is 6.92 Å². The Morgan fingerprint density at radius 3 is 2.53 bits per heavy atom. The van der Waals surface area contributed by atoms with Crippen LogP contribution in [0.2, 0.25) is 0 Å². The lowest BCUT2D eigenvalue weighted by Gasteiger charge is -2.33. The molecule has 4 nitrogen and oxygen atoms in total. The Morgan fingerprint density at radius 2 is 2.07 bits per heavy atom. The molecule has 1 fully saturated rings. The van der Waals surface area contributed by atoms with Crippen molar-refractivity contribution in [2.24, 2.45) is 5.73 Å². The molecule has 1 rings (SSSR count). The number of hydrogen-bond acceptors (Lipinski definition) is 3. The summed E-state index contributed by atoms with van der Waals surface area (Å²) in [4.78, 5) is 13.1. The van der Waals surface area contributed by atoms with Gasteiger partial charge in [-0.15, -0.1) is 0 Å². The molecule has 1 saturated heterocycles. The summed E-state index contributed by atoms with van der Waals surface area (Å²) in [5.41, 5.74) is 6.33. The van der Waals surface area contributed by atoms with Gasteiger partial charge in [-0.05, 0) is 32.9 Å². The lowest BCUT2D eigenvalue weighted by Crippen LogP contribution is -2.47. The van der Waals surface area contributed by atoms with Crippen LogP contribution in [0, 0.1) is 0 Å². The lowest BCUT2D eigenvalue weighted by molar-refractivity contribution is -0.119. The summed E-state index contributed by atoms with van der Waals surface area (Å²) in [7, 11) is 0. The number of nitrogens with one attached hydrogen (secondary N) is 1. The van der Waals surface area contributed by atoms with E-state index in [4.69, 9.17) is 5.73 Å². The van der Waals surface area contributed by atoms with E-state index < -0.39 is 0 Å². The molecule has 0 aromatic heterocycles. The van der Waals surface area contributed by atoms with Crippen LogP contribution in [0.1, 0.15) is 19.8 Å². The van der Waals surface area contributed by atoms with Crippen molar-refractivity contribution in [1.29, 1.82) is 0 Å². The molecule has 1 aliphatic heterocycles. The minimum absolute atomic E-state index is 0.255. The van der Waals surface area contributed by atoms with E-state index in [0.29, 0.717) is 12.6 Å². The van der Waals surface area contributed by atoms with Gasteiger partial charge in [0.05, 0.1) is 6.54 Å². The van der Waals surface area contributed by atoms with Crippen molar-refractivity contribution in [3.8, 4) is 0 Å². The monoisotopic (exact) mass is 211 g/mol. The Balaban J connectivity index is 2.52. The van der Waals surface area contributed by atoms with E-state index >= 15 is 0 Å². The molecule has 0 saturated carbocycles. The smallest absolute Gasteiger partial charge is 0.231 e. The van der Waals surface area contributed by atoms with Crippen molar-refractivity contribution in [1.82, 2.24) is 10.2 Å². The second-order valence-electron chi connectivity index (χ2n) is 4.31. The molecule has 0 bridgehead atoms. The van der Waals surface area contributed by atoms with Crippen LogP contribution in [-0.4, -0.2) is 43.0 Å². The molecule has 86 valence electrons. The van der Waals surface area contributed by atoms with Gasteiger partial charge in [0.25, 0.3) is 0 Å². The highest BCUT2D eigenvalue weighted by atomic mass is 16.1. The summed E-state index contributed by atoms with van der Waals surface area (Å²) >= 11 is 0. The summed E-state index contributed by atoms with van der Waals surface area (Å²) in [6, 6.07) is 0.468. The fourth-order valence-corrected chi connectivity index (χ4v) is 2.03. The molecule has 1 heterocycles. The van der Waals surface area contributed by atoms with Crippen LogP contribution in [-0.2, 0) is 4.79 Å². The number of amides is 1. The Bertz CT molecular complexity index is 218. The zero-order valence-electron chi connectivity index (χ0n) is 9.46. The molecule has 15 heavy (non-hydrogen) atoms. The topological polar surface area (TPSA) is 58.4 Å². The van der Waals surface area contributed by atoms with Gasteiger partial charge in [0, 0.05) is 12.6 Å². The predicted molar refractivity (Wildman–Crippen MR) is 61.5 cm³/mol. The quantitative estimate of drug-likeness (QED) is 0.634. The second-order valence-corrected chi connectivity index (χ2v) is 4.31. The SMILES string of the molecule is C=C(C)CN(CC(N)=O)C1CCNCC1. The number of hydrogen-bond donors (Lipinski definition) is 2. The molecular formula is C11H21N3O. The van der Waals surface area contributed by atoms with Crippen molar-refractivity contribution in [3.05, 3.63) is 12.2 Å². The van der Waals surface area contributed by atoms with Gasteiger partial charge in [0.1, 0.15) is 0 Å². The van der Waals surface area contributed by atoms with Crippen LogP contribution in [0.3, 0.4) is 0 Å². The first kappa shape index (κ1) is 12.2. The normalized spacial score (nSPS) is 18.0. The third-order valence-electron chi connectivity index (χ3n) is 2.66. The first-order valence-corrected chi connectivity index (χ1v) is 5.47. The molecule has 4 heteroatoms. The van der Waals surface area contributed by atoms with Crippen molar-refractivity contribution < 1.29 is 4.79 Å². The number of nitrogens with zero attached hydrogens (tertiary/aromatic N) is 1. The van der Waals surface area contributed by atoms with Crippen molar-refractivity contribution in [2.45, 2.75) is 25.8 Å². The van der Waals surface area contributed by atoms with Gasteiger partial charge in [-0.2, -0.15) is 0 Å². The van der Waals surface area contributed by atoms with Gasteiger partial charge >= 0.3 is 0 Å². The maximum atomic E-state index is 11.0. The maximum Gasteiger partial charge on any atom is 0.231 e. The Kier molecular flexibility index (Phi) is 4.78. The van der Waals surface area contributed by atoms with Gasteiger partial charge < -0.3 is 11.1 Å². The van der Waals surface area contributed by atoms with Crippen LogP contribution in [0.4, 0.5) is 0 Å². The second kappa shape index (κ2) is 5.88. The minimum atomic E-state index is -0.255. The van der Waals surface area contributed by atoms with E-state index in [0.717, 1.165) is 38.0 Å². The Morgan fingerprint density at radius 1 is 1.47 bits per heavy atom.